The summed E-state index contributed by atoms with van der Waals surface area (Å²) < 4.78 is 0. The summed E-state index contributed by atoms with van der Waals surface area (Å²) in [4.78, 5) is 30.7. The van der Waals surface area contributed by atoms with Gasteiger partial charge in [-0.05, 0) is 23.8 Å². The Kier molecular flexibility index (Phi) is 4.15. The van der Waals surface area contributed by atoms with Crippen LogP contribution in [0.5, 0.6) is 0 Å². The lowest BCUT2D eigenvalue weighted by Crippen LogP contribution is -2.52. The van der Waals surface area contributed by atoms with Gasteiger partial charge in [0.1, 0.15) is 6.04 Å². The third-order valence-electron chi connectivity index (χ3n) is 4.89. The molecule has 0 spiro atoms. The summed E-state index contributed by atoms with van der Waals surface area (Å²) in [5.41, 5.74) is 2.08. The van der Waals surface area contributed by atoms with E-state index in [2.05, 4.69) is 17.0 Å². The summed E-state index contributed by atoms with van der Waals surface area (Å²) >= 11 is 0. The predicted octanol–water partition coefficient (Wildman–Crippen LogP) is 2.21. The first kappa shape index (κ1) is 16.3. The first-order valence-corrected chi connectivity index (χ1v) is 8.58. The Bertz CT molecular complexity index is 890. The maximum atomic E-state index is 12.9. The molecule has 0 aliphatic carbocycles. The Balaban J connectivity index is 1.54. The van der Waals surface area contributed by atoms with Crippen molar-refractivity contribution >= 4 is 17.6 Å². The number of hydrogen-bond acceptors (Lipinski definition) is 4. The largest absolute Gasteiger partial charge is 0.332 e. The van der Waals surface area contributed by atoms with Gasteiger partial charge in [-0.1, -0.05) is 36.4 Å². The van der Waals surface area contributed by atoms with Crippen molar-refractivity contribution in [2.24, 2.45) is 0 Å². The highest BCUT2D eigenvalue weighted by Crippen LogP contribution is 2.28. The van der Waals surface area contributed by atoms with E-state index in [1.165, 1.54) is 10.5 Å². The van der Waals surface area contributed by atoms with Gasteiger partial charge < -0.3 is 4.90 Å². The smallest absolute Gasteiger partial charge is 0.309 e. The molecule has 2 heterocycles. The van der Waals surface area contributed by atoms with Crippen molar-refractivity contribution in [3.8, 4) is 6.07 Å². The van der Waals surface area contributed by atoms with E-state index in [-0.39, 0.29) is 11.9 Å². The number of nitrogens with zero attached hydrogens (tertiary/aromatic N) is 4. The quantitative estimate of drug-likeness (QED) is 0.799. The molecule has 2 aliphatic heterocycles. The van der Waals surface area contributed by atoms with E-state index in [0.717, 1.165) is 13.1 Å². The highest BCUT2D eigenvalue weighted by Gasteiger charge is 2.48. The molecular formula is C20H18N4O2. The highest BCUT2D eigenvalue weighted by molar-refractivity contribution is 6.21. The maximum absolute atomic E-state index is 12.9. The molecule has 2 fully saturated rings. The summed E-state index contributed by atoms with van der Waals surface area (Å²) in [6.07, 6.45) is 0. The normalized spacial score (nSPS) is 20.2. The van der Waals surface area contributed by atoms with Gasteiger partial charge in [0.2, 0.25) is 0 Å². The van der Waals surface area contributed by atoms with Crippen LogP contribution in [-0.2, 0) is 11.3 Å². The topological polar surface area (TPSA) is 67.7 Å². The number of nitriles is 1. The molecule has 0 saturated carbocycles. The van der Waals surface area contributed by atoms with Crippen LogP contribution in [0.1, 0.15) is 11.1 Å². The molecule has 6 heteroatoms. The van der Waals surface area contributed by atoms with Gasteiger partial charge >= 0.3 is 6.03 Å². The standard InChI is InChI=1S/C20H18N4O2/c21-12-16-7-4-8-17(11-16)24-19(25)18-14-22(9-10-23(18)20(24)26)13-15-5-2-1-3-6-15/h1-8,11,18H,9-10,13-14H2. The van der Waals surface area contributed by atoms with Crippen LogP contribution in [0, 0.1) is 11.3 Å². The summed E-state index contributed by atoms with van der Waals surface area (Å²) in [5, 5.41) is 9.06. The minimum absolute atomic E-state index is 0.220. The lowest BCUT2D eigenvalue weighted by molar-refractivity contribution is -0.121. The summed E-state index contributed by atoms with van der Waals surface area (Å²) in [6.45, 7) is 2.54. The number of fused-ring (bicyclic) bond motifs is 1. The predicted molar refractivity (Wildman–Crippen MR) is 96.3 cm³/mol. The number of piperazine rings is 1. The van der Waals surface area contributed by atoms with Crippen LogP contribution in [0.2, 0.25) is 0 Å². The zero-order chi connectivity index (χ0) is 18.1. The fraction of sp³-hybridized carbons (Fsp3) is 0.250. The van der Waals surface area contributed by atoms with E-state index < -0.39 is 6.04 Å². The van der Waals surface area contributed by atoms with Gasteiger partial charge in [-0.2, -0.15) is 5.26 Å². The lowest BCUT2D eigenvalue weighted by Gasteiger charge is -2.35. The molecule has 2 aromatic carbocycles. The van der Waals surface area contributed by atoms with Gasteiger partial charge in [0.15, 0.2) is 0 Å². The average Bonchev–Trinajstić information content (AvgIpc) is 2.93. The first-order chi connectivity index (χ1) is 12.7. The van der Waals surface area contributed by atoms with Crippen molar-refractivity contribution in [3.63, 3.8) is 0 Å². The summed E-state index contributed by atoms with van der Waals surface area (Å²) in [5.74, 6) is -0.220. The van der Waals surface area contributed by atoms with Crippen LogP contribution in [0.25, 0.3) is 0 Å². The fourth-order valence-electron chi connectivity index (χ4n) is 3.59. The molecule has 0 radical (unpaired) electrons. The molecule has 130 valence electrons. The van der Waals surface area contributed by atoms with Crippen molar-refractivity contribution in [2.45, 2.75) is 12.6 Å². The number of carbonyl (C=O) groups excluding carboxylic acids is 2. The third-order valence-corrected chi connectivity index (χ3v) is 4.89. The zero-order valence-electron chi connectivity index (χ0n) is 14.2. The van der Waals surface area contributed by atoms with Crippen molar-refractivity contribution in [1.82, 2.24) is 9.80 Å². The van der Waals surface area contributed by atoms with Gasteiger partial charge in [0, 0.05) is 26.2 Å². The summed E-state index contributed by atoms with van der Waals surface area (Å²) in [6, 6.07) is 18.0. The van der Waals surface area contributed by atoms with Crippen LogP contribution in [0.3, 0.4) is 0 Å². The molecule has 26 heavy (non-hydrogen) atoms. The molecular weight excluding hydrogens is 328 g/mol. The van der Waals surface area contributed by atoms with E-state index in [0.29, 0.717) is 24.3 Å². The number of carbonyl (C=O) groups is 2. The van der Waals surface area contributed by atoms with Gasteiger partial charge in [-0.3, -0.25) is 9.69 Å². The fourth-order valence-corrected chi connectivity index (χ4v) is 3.59. The van der Waals surface area contributed by atoms with Crippen LogP contribution >= 0.6 is 0 Å². The van der Waals surface area contributed by atoms with Gasteiger partial charge in [0.25, 0.3) is 5.91 Å². The number of benzene rings is 2. The first-order valence-electron chi connectivity index (χ1n) is 8.58. The molecule has 4 rings (SSSR count). The minimum atomic E-state index is -0.467. The molecule has 0 N–H and O–H groups in total. The number of urea groups is 1. The third kappa shape index (κ3) is 2.83. The Morgan fingerprint density at radius 2 is 1.85 bits per heavy atom. The monoisotopic (exact) mass is 346 g/mol. The van der Waals surface area contributed by atoms with E-state index in [1.807, 2.05) is 24.3 Å². The number of amides is 3. The van der Waals surface area contributed by atoms with Crippen LogP contribution in [-0.4, -0.2) is 47.4 Å². The molecule has 2 aliphatic rings. The minimum Gasteiger partial charge on any atom is -0.309 e. The van der Waals surface area contributed by atoms with E-state index in [9.17, 15) is 9.59 Å². The van der Waals surface area contributed by atoms with Crippen molar-refractivity contribution < 1.29 is 9.59 Å². The summed E-state index contributed by atoms with van der Waals surface area (Å²) in [7, 11) is 0. The van der Waals surface area contributed by atoms with Crippen molar-refractivity contribution in [3.05, 3.63) is 65.7 Å². The Morgan fingerprint density at radius 1 is 1.04 bits per heavy atom. The van der Waals surface area contributed by atoms with Crippen LogP contribution < -0.4 is 4.90 Å². The maximum Gasteiger partial charge on any atom is 0.332 e. The second-order valence-electron chi connectivity index (χ2n) is 6.55. The number of anilines is 1. The number of hydrogen-bond donors (Lipinski definition) is 0. The lowest BCUT2D eigenvalue weighted by atomic mass is 10.1. The second kappa shape index (κ2) is 6.62. The van der Waals surface area contributed by atoms with Crippen LogP contribution in [0.15, 0.2) is 54.6 Å². The average molecular weight is 346 g/mol. The number of rotatable bonds is 3. The van der Waals surface area contributed by atoms with Gasteiger partial charge in [-0.25, -0.2) is 9.69 Å². The van der Waals surface area contributed by atoms with E-state index in [1.54, 1.807) is 29.2 Å². The number of imide groups is 1. The van der Waals surface area contributed by atoms with Gasteiger partial charge in [0.05, 0.1) is 17.3 Å². The molecule has 0 aromatic heterocycles. The van der Waals surface area contributed by atoms with E-state index in [4.69, 9.17) is 5.26 Å². The van der Waals surface area contributed by atoms with Crippen molar-refractivity contribution in [1.29, 1.82) is 5.26 Å². The van der Waals surface area contributed by atoms with E-state index >= 15 is 0 Å². The Hall–Kier alpha value is -3.17. The highest BCUT2D eigenvalue weighted by atomic mass is 16.2. The Labute approximate surface area is 151 Å². The molecule has 2 saturated heterocycles. The SMILES string of the molecule is N#Cc1cccc(N2C(=O)C3CN(Cc4ccccc4)CCN3C2=O)c1. The molecule has 1 atom stereocenters. The second-order valence-corrected chi connectivity index (χ2v) is 6.55. The van der Waals surface area contributed by atoms with Crippen LogP contribution in [0.4, 0.5) is 10.5 Å². The van der Waals surface area contributed by atoms with Gasteiger partial charge in [-0.15, -0.1) is 0 Å². The molecule has 0 bridgehead atoms. The molecule has 1 unspecified atom stereocenters. The zero-order valence-corrected chi connectivity index (χ0v) is 14.2. The Morgan fingerprint density at radius 3 is 2.62 bits per heavy atom. The molecule has 6 nitrogen and oxygen atoms in total. The molecule has 3 amide bonds. The molecule has 2 aromatic rings. The van der Waals surface area contributed by atoms with Crippen molar-refractivity contribution in [2.75, 3.05) is 24.5 Å².